The number of benzene rings is 1. The lowest BCUT2D eigenvalue weighted by molar-refractivity contribution is 0.582. The zero-order valence-electron chi connectivity index (χ0n) is 10.2. The highest BCUT2D eigenvalue weighted by Crippen LogP contribution is 2.14. The highest BCUT2D eigenvalue weighted by molar-refractivity contribution is 7.91. The number of hydrogen-bond acceptors (Lipinski definition) is 5. The summed E-state index contributed by atoms with van der Waals surface area (Å²) in [4.78, 5) is -0.0971. The Morgan fingerprint density at radius 2 is 1.84 bits per heavy atom. The molecule has 0 unspecified atom stereocenters. The van der Waals surface area contributed by atoms with Crippen molar-refractivity contribution in [2.24, 2.45) is 5.73 Å². The number of sulfonamides is 1. The van der Waals surface area contributed by atoms with E-state index in [0.29, 0.717) is 0 Å². The molecule has 0 bridgehead atoms. The normalized spacial score (nSPS) is 12.3. The van der Waals surface area contributed by atoms with Crippen LogP contribution < -0.4 is 10.5 Å². The molecule has 0 amide bonds. The van der Waals surface area contributed by atoms with Crippen molar-refractivity contribution in [2.45, 2.75) is 4.90 Å². The summed E-state index contributed by atoms with van der Waals surface area (Å²) in [6.45, 7) is -0.202. The predicted molar refractivity (Wildman–Crippen MR) is 77.2 cm³/mol. The van der Waals surface area contributed by atoms with Crippen LogP contribution in [0.3, 0.4) is 0 Å². The molecule has 0 fully saturated rings. The second kappa shape index (κ2) is 5.95. The summed E-state index contributed by atoms with van der Waals surface area (Å²) in [5.74, 6) is -0.276. The van der Waals surface area contributed by atoms with E-state index < -0.39 is 19.9 Å². The quantitative estimate of drug-likeness (QED) is 0.693. The maximum absolute atomic E-state index is 12.0. The van der Waals surface area contributed by atoms with Crippen molar-refractivity contribution < 1.29 is 16.8 Å². The monoisotopic (exact) mass is 322 g/mol. The van der Waals surface area contributed by atoms with Crippen LogP contribution in [0, 0.1) is 0 Å². The second-order valence-corrected chi connectivity index (χ2v) is 8.32. The smallest absolute Gasteiger partial charge is 0.241 e. The van der Waals surface area contributed by atoms with E-state index in [-0.39, 0.29) is 27.7 Å². The fourth-order valence-corrected chi connectivity index (χ4v) is 3.44. The van der Waals surface area contributed by atoms with Gasteiger partial charge < -0.3 is 5.73 Å². The Morgan fingerprint density at radius 3 is 2.37 bits per heavy atom. The molecular weight excluding hydrogens is 308 g/mol. The van der Waals surface area contributed by atoms with Gasteiger partial charge in [0.1, 0.15) is 14.8 Å². The van der Waals surface area contributed by atoms with Gasteiger partial charge in [0.05, 0.1) is 10.6 Å². The maximum atomic E-state index is 12.0. The average molecular weight is 322 g/mol. The number of thiocarbonyl (C=S) groups is 1. The minimum Gasteiger partial charge on any atom is -0.389 e. The third-order valence-corrected chi connectivity index (χ3v) is 4.89. The van der Waals surface area contributed by atoms with Gasteiger partial charge in [-0.25, -0.2) is 21.6 Å². The number of nitrogens with one attached hydrogen (secondary N) is 1. The zero-order chi connectivity index (χ0) is 14.7. The van der Waals surface area contributed by atoms with Crippen molar-refractivity contribution in [3.63, 3.8) is 0 Å². The Balaban J connectivity index is 2.98. The van der Waals surface area contributed by atoms with Gasteiger partial charge in [-0.2, -0.15) is 0 Å². The topological polar surface area (TPSA) is 106 Å². The molecule has 106 valence electrons. The van der Waals surface area contributed by atoms with E-state index in [0.717, 1.165) is 6.26 Å². The van der Waals surface area contributed by atoms with Gasteiger partial charge in [-0.3, -0.25) is 0 Å². The van der Waals surface area contributed by atoms with Crippen LogP contribution in [0.15, 0.2) is 29.2 Å². The third kappa shape index (κ3) is 4.86. The molecule has 0 heterocycles. The van der Waals surface area contributed by atoms with Crippen molar-refractivity contribution in [1.82, 2.24) is 4.72 Å². The highest BCUT2D eigenvalue weighted by atomic mass is 32.2. The molecule has 6 nitrogen and oxygen atoms in total. The van der Waals surface area contributed by atoms with Crippen LogP contribution in [0.4, 0.5) is 0 Å². The van der Waals surface area contributed by atoms with Gasteiger partial charge >= 0.3 is 0 Å². The first-order chi connectivity index (χ1) is 8.63. The molecule has 0 aromatic heterocycles. The molecule has 9 heteroatoms. The van der Waals surface area contributed by atoms with Crippen molar-refractivity contribution in [1.29, 1.82) is 0 Å². The summed E-state index contributed by atoms with van der Waals surface area (Å²) < 4.78 is 48.2. The fourth-order valence-electron chi connectivity index (χ4n) is 1.34. The summed E-state index contributed by atoms with van der Waals surface area (Å²) in [5.41, 5.74) is 5.68. The van der Waals surface area contributed by atoms with Crippen molar-refractivity contribution in [3.8, 4) is 0 Å². The van der Waals surface area contributed by atoms with Gasteiger partial charge in [0.15, 0.2) is 0 Å². The number of nitrogens with two attached hydrogens (primary N) is 1. The largest absolute Gasteiger partial charge is 0.389 e. The van der Waals surface area contributed by atoms with Crippen LogP contribution in [0.5, 0.6) is 0 Å². The van der Waals surface area contributed by atoms with Crippen LogP contribution in [0.25, 0.3) is 0 Å². The third-order valence-electron chi connectivity index (χ3n) is 2.21. The van der Waals surface area contributed by atoms with Gasteiger partial charge in [-0.05, 0) is 6.07 Å². The molecule has 0 saturated carbocycles. The average Bonchev–Trinajstić information content (AvgIpc) is 2.27. The molecule has 0 spiro atoms. The van der Waals surface area contributed by atoms with Gasteiger partial charge in [-0.1, -0.05) is 30.4 Å². The van der Waals surface area contributed by atoms with Crippen LogP contribution >= 0.6 is 12.2 Å². The van der Waals surface area contributed by atoms with E-state index in [9.17, 15) is 16.8 Å². The lowest BCUT2D eigenvalue weighted by atomic mass is 10.2. The fraction of sp³-hybridized carbons (Fsp3) is 0.300. The molecule has 0 radical (unpaired) electrons. The van der Waals surface area contributed by atoms with Crippen LogP contribution in [0.2, 0.25) is 0 Å². The van der Waals surface area contributed by atoms with Crippen molar-refractivity contribution in [2.75, 3.05) is 18.6 Å². The van der Waals surface area contributed by atoms with E-state index >= 15 is 0 Å². The Bertz CT molecular complexity index is 680. The lowest BCUT2D eigenvalue weighted by Crippen LogP contribution is -2.30. The molecule has 0 aliphatic carbocycles. The van der Waals surface area contributed by atoms with Crippen LogP contribution in [0.1, 0.15) is 5.56 Å². The molecular formula is C10H14N2O4S3. The molecule has 0 aliphatic heterocycles. The molecule has 1 aromatic rings. The van der Waals surface area contributed by atoms with Crippen LogP contribution in [-0.2, 0) is 19.9 Å². The van der Waals surface area contributed by atoms with Crippen LogP contribution in [-0.4, -0.2) is 40.4 Å². The number of rotatable bonds is 6. The summed E-state index contributed by atoms with van der Waals surface area (Å²) in [7, 11) is -7.07. The second-order valence-electron chi connectivity index (χ2n) is 3.89. The first-order valence-electron chi connectivity index (χ1n) is 5.20. The summed E-state index contributed by atoms with van der Waals surface area (Å²) in [5, 5.41) is 0. The SMILES string of the molecule is CS(=O)(=O)CCNS(=O)(=O)c1ccccc1C(N)=S. The van der Waals surface area contributed by atoms with E-state index in [4.69, 9.17) is 18.0 Å². The highest BCUT2D eigenvalue weighted by Gasteiger charge is 2.19. The van der Waals surface area contributed by atoms with Gasteiger partial charge in [0.2, 0.25) is 10.0 Å². The molecule has 3 N–H and O–H groups in total. The number of hydrogen-bond donors (Lipinski definition) is 2. The van der Waals surface area contributed by atoms with Gasteiger partial charge in [0, 0.05) is 18.4 Å². The first-order valence-corrected chi connectivity index (χ1v) is 9.15. The number of sulfone groups is 1. The summed E-state index contributed by atoms with van der Waals surface area (Å²) >= 11 is 4.78. The van der Waals surface area contributed by atoms with E-state index in [1.807, 2.05) is 0 Å². The molecule has 0 saturated heterocycles. The Kier molecular flexibility index (Phi) is 5.02. The molecule has 1 aromatic carbocycles. The maximum Gasteiger partial charge on any atom is 0.241 e. The van der Waals surface area contributed by atoms with Crippen molar-refractivity contribution >= 4 is 37.1 Å². The lowest BCUT2D eigenvalue weighted by Gasteiger charge is -2.10. The van der Waals surface area contributed by atoms with E-state index in [1.54, 1.807) is 6.07 Å². The summed E-state index contributed by atoms with van der Waals surface area (Å²) in [6.07, 6.45) is 1.03. The standard InChI is InChI=1S/C10H14N2O4S3/c1-18(13,14)7-6-12-19(15,16)9-5-3-2-4-8(9)10(11)17/h2-5,12H,6-7H2,1H3,(H2,11,17). The molecule has 1 rings (SSSR count). The molecule has 19 heavy (non-hydrogen) atoms. The minimum absolute atomic E-state index is 0.0379. The van der Waals surface area contributed by atoms with E-state index in [1.165, 1.54) is 18.2 Å². The Labute approximate surface area is 118 Å². The Morgan fingerprint density at radius 1 is 1.26 bits per heavy atom. The first kappa shape index (κ1) is 16.0. The van der Waals surface area contributed by atoms with Gasteiger partial charge in [-0.15, -0.1) is 0 Å². The van der Waals surface area contributed by atoms with Crippen molar-refractivity contribution in [3.05, 3.63) is 29.8 Å². The van der Waals surface area contributed by atoms with Gasteiger partial charge in [0.25, 0.3) is 0 Å². The van der Waals surface area contributed by atoms with E-state index in [2.05, 4.69) is 4.72 Å². The minimum atomic E-state index is -3.84. The molecule has 0 aliphatic rings. The zero-order valence-corrected chi connectivity index (χ0v) is 12.6. The Hall–Kier alpha value is -1.03. The molecule has 0 atom stereocenters. The predicted octanol–water partition coefficient (Wildman–Crippen LogP) is -0.356. The summed E-state index contributed by atoms with van der Waals surface area (Å²) in [6, 6.07) is 6.00.